The van der Waals surface area contributed by atoms with Crippen LogP contribution in [-0.4, -0.2) is 41.1 Å². The van der Waals surface area contributed by atoms with Crippen molar-refractivity contribution in [3.63, 3.8) is 0 Å². The van der Waals surface area contributed by atoms with Crippen molar-refractivity contribution >= 4 is 32.4 Å². The number of nitrogens with one attached hydrogen (secondary N) is 1. The number of fused-ring (bicyclic) bond motifs is 1. The van der Waals surface area contributed by atoms with Gasteiger partial charge in [0.15, 0.2) is 10.8 Å². The van der Waals surface area contributed by atoms with Crippen LogP contribution in [0.2, 0.25) is 0 Å². The summed E-state index contributed by atoms with van der Waals surface area (Å²) in [6.07, 6.45) is 0.546. The van der Waals surface area contributed by atoms with E-state index in [1.165, 1.54) is 15.6 Å². The van der Waals surface area contributed by atoms with E-state index in [1.54, 1.807) is 19.9 Å². The van der Waals surface area contributed by atoms with Crippen molar-refractivity contribution in [1.82, 2.24) is 14.4 Å². The molecule has 0 aliphatic carbocycles. The Balaban J connectivity index is 1.75. The van der Waals surface area contributed by atoms with Crippen molar-refractivity contribution in [3.8, 4) is 0 Å². The van der Waals surface area contributed by atoms with Gasteiger partial charge in [-0.3, -0.25) is 10.1 Å². The number of carbonyl (C=O) groups excluding carboxylic acids is 1. The number of hydrogen-bond acceptors (Lipinski definition) is 7. The first-order chi connectivity index (χ1) is 10.9. The van der Waals surface area contributed by atoms with Crippen molar-refractivity contribution in [1.29, 1.82) is 0 Å². The summed E-state index contributed by atoms with van der Waals surface area (Å²) >= 11 is 1.29. The summed E-state index contributed by atoms with van der Waals surface area (Å²) < 4.78 is 30.2. The molecule has 0 fully saturated rings. The van der Waals surface area contributed by atoms with Gasteiger partial charge in [-0.1, -0.05) is 5.16 Å². The molecule has 0 spiro atoms. The molecule has 0 radical (unpaired) electrons. The molecule has 1 aliphatic heterocycles. The maximum Gasteiger partial charge on any atom is 0.279 e. The molecule has 2 aromatic rings. The van der Waals surface area contributed by atoms with E-state index in [1.807, 2.05) is 0 Å². The van der Waals surface area contributed by atoms with Crippen LogP contribution in [0, 0.1) is 6.92 Å². The topological polar surface area (TPSA) is 105 Å². The SMILES string of the molecule is CCS(=O)(=O)N1CCc2nc(NC(=O)c3cc(C)on3)sc2C1. The standard InChI is InChI=1S/C13H16N4O4S2/c1-3-23(19,20)17-5-4-9-11(7-17)22-13(14-9)15-12(18)10-6-8(2)21-16-10/h6H,3-5,7H2,1-2H3,(H,14,15,18). The lowest BCUT2D eigenvalue weighted by Crippen LogP contribution is -2.36. The molecule has 1 aliphatic rings. The van der Waals surface area contributed by atoms with E-state index in [0.717, 1.165) is 10.6 Å². The Hall–Kier alpha value is -1.78. The molecule has 0 saturated heterocycles. The minimum absolute atomic E-state index is 0.0796. The molecule has 23 heavy (non-hydrogen) atoms. The minimum atomic E-state index is -3.22. The molecular formula is C13H16N4O4S2. The Bertz CT molecular complexity index is 840. The van der Waals surface area contributed by atoms with E-state index in [9.17, 15) is 13.2 Å². The molecule has 3 rings (SSSR count). The maximum atomic E-state index is 12.0. The van der Waals surface area contributed by atoms with Crippen LogP contribution in [0.4, 0.5) is 5.13 Å². The average molecular weight is 356 g/mol. The molecular weight excluding hydrogens is 340 g/mol. The van der Waals surface area contributed by atoms with Crippen LogP contribution in [0.15, 0.2) is 10.6 Å². The van der Waals surface area contributed by atoms with Crippen LogP contribution in [0.5, 0.6) is 0 Å². The van der Waals surface area contributed by atoms with Gasteiger partial charge < -0.3 is 4.52 Å². The second-order valence-corrected chi connectivity index (χ2v) is 8.49. The fourth-order valence-electron chi connectivity index (χ4n) is 2.28. The largest absolute Gasteiger partial charge is 0.361 e. The highest BCUT2D eigenvalue weighted by Crippen LogP contribution is 2.29. The Morgan fingerprint density at radius 3 is 2.96 bits per heavy atom. The highest BCUT2D eigenvalue weighted by Gasteiger charge is 2.28. The van der Waals surface area contributed by atoms with Gasteiger partial charge in [-0.05, 0) is 13.8 Å². The molecule has 10 heteroatoms. The molecule has 0 unspecified atom stereocenters. The highest BCUT2D eigenvalue weighted by molar-refractivity contribution is 7.89. The first-order valence-corrected chi connectivity index (χ1v) is 9.52. The fourth-order valence-corrected chi connectivity index (χ4v) is 4.44. The lowest BCUT2D eigenvalue weighted by molar-refractivity contribution is 0.101. The van der Waals surface area contributed by atoms with E-state index >= 15 is 0 Å². The lowest BCUT2D eigenvalue weighted by atomic mass is 10.2. The number of thiazole rings is 1. The quantitative estimate of drug-likeness (QED) is 0.888. The van der Waals surface area contributed by atoms with Crippen molar-refractivity contribution < 1.29 is 17.7 Å². The molecule has 1 amide bonds. The third kappa shape index (κ3) is 3.28. The maximum absolute atomic E-state index is 12.0. The normalized spacial score (nSPS) is 15.4. The van der Waals surface area contributed by atoms with Crippen molar-refractivity contribution in [2.45, 2.75) is 26.8 Å². The fraction of sp³-hybridized carbons (Fsp3) is 0.462. The number of amides is 1. The smallest absolute Gasteiger partial charge is 0.279 e. The van der Waals surface area contributed by atoms with Gasteiger partial charge in [0.1, 0.15) is 5.76 Å². The number of aromatic nitrogens is 2. The molecule has 124 valence electrons. The Labute approximate surface area is 137 Å². The number of sulfonamides is 1. The summed E-state index contributed by atoms with van der Waals surface area (Å²) in [6, 6.07) is 1.54. The van der Waals surface area contributed by atoms with E-state index in [4.69, 9.17) is 4.52 Å². The van der Waals surface area contributed by atoms with Gasteiger partial charge in [-0.15, -0.1) is 11.3 Å². The monoisotopic (exact) mass is 356 g/mol. The van der Waals surface area contributed by atoms with Crippen LogP contribution in [-0.2, 0) is 23.0 Å². The van der Waals surface area contributed by atoms with Gasteiger partial charge in [-0.25, -0.2) is 13.4 Å². The van der Waals surface area contributed by atoms with Gasteiger partial charge >= 0.3 is 0 Å². The zero-order valence-electron chi connectivity index (χ0n) is 12.7. The van der Waals surface area contributed by atoms with Crippen LogP contribution < -0.4 is 5.32 Å². The number of carbonyl (C=O) groups is 1. The average Bonchev–Trinajstić information content (AvgIpc) is 3.11. The zero-order chi connectivity index (χ0) is 16.6. The van der Waals surface area contributed by atoms with Gasteiger partial charge in [0.2, 0.25) is 10.0 Å². The van der Waals surface area contributed by atoms with Crippen LogP contribution in [0.1, 0.15) is 33.7 Å². The molecule has 2 aromatic heterocycles. The molecule has 3 heterocycles. The Morgan fingerprint density at radius 2 is 2.30 bits per heavy atom. The third-order valence-electron chi connectivity index (χ3n) is 3.54. The Kier molecular flexibility index (Phi) is 4.21. The summed E-state index contributed by atoms with van der Waals surface area (Å²) in [7, 11) is -3.22. The first-order valence-electron chi connectivity index (χ1n) is 7.10. The van der Waals surface area contributed by atoms with Crippen LogP contribution in [0.3, 0.4) is 0 Å². The second-order valence-electron chi connectivity index (χ2n) is 5.15. The number of rotatable bonds is 4. The molecule has 0 aromatic carbocycles. The molecule has 8 nitrogen and oxygen atoms in total. The lowest BCUT2D eigenvalue weighted by Gasteiger charge is -2.24. The second kappa shape index (κ2) is 6.02. The van der Waals surface area contributed by atoms with E-state index in [-0.39, 0.29) is 11.4 Å². The van der Waals surface area contributed by atoms with Crippen LogP contribution in [0.25, 0.3) is 0 Å². The van der Waals surface area contributed by atoms with Gasteiger partial charge in [-0.2, -0.15) is 4.31 Å². The number of nitrogens with zero attached hydrogens (tertiary/aromatic N) is 3. The summed E-state index contributed by atoms with van der Waals surface area (Å²) in [4.78, 5) is 17.3. The number of anilines is 1. The molecule has 0 saturated carbocycles. The molecule has 0 atom stereocenters. The van der Waals surface area contributed by atoms with E-state index in [2.05, 4.69) is 15.5 Å². The summed E-state index contributed by atoms with van der Waals surface area (Å²) in [5.41, 5.74) is 1.02. The zero-order valence-corrected chi connectivity index (χ0v) is 14.3. The predicted molar refractivity (Wildman–Crippen MR) is 84.9 cm³/mol. The summed E-state index contributed by atoms with van der Waals surface area (Å²) in [5.74, 6) is 0.232. The molecule has 1 N–H and O–H groups in total. The molecule has 0 bridgehead atoms. The summed E-state index contributed by atoms with van der Waals surface area (Å²) in [6.45, 7) is 4.06. The summed E-state index contributed by atoms with van der Waals surface area (Å²) in [5, 5.41) is 6.77. The third-order valence-corrected chi connectivity index (χ3v) is 6.36. The van der Waals surface area contributed by atoms with E-state index in [0.29, 0.717) is 30.4 Å². The number of hydrogen-bond donors (Lipinski definition) is 1. The van der Waals surface area contributed by atoms with Gasteiger partial charge in [0, 0.05) is 30.5 Å². The van der Waals surface area contributed by atoms with Crippen LogP contribution >= 0.6 is 11.3 Å². The van der Waals surface area contributed by atoms with Crippen molar-refractivity contribution in [2.24, 2.45) is 0 Å². The highest BCUT2D eigenvalue weighted by atomic mass is 32.2. The van der Waals surface area contributed by atoms with Crippen molar-refractivity contribution in [2.75, 3.05) is 17.6 Å². The van der Waals surface area contributed by atoms with Crippen molar-refractivity contribution in [3.05, 3.63) is 28.1 Å². The Morgan fingerprint density at radius 1 is 1.52 bits per heavy atom. The van der Waals surface area contributed by atoms with E-state index < -0.39 is 15.9 Å². The minimum Gasteiger partial charge on any atom is -0.361 e. The van der Waals surface area contributed by atoms with Gasteiger partial charge in [0.05, 0.1) is 11.4 Å². The number of aryl methyl sites for hydroxylation is 1. The predicted octanol–water partition coefficient (Wildman–Crippen LogP) is 1.40. The van der Waals surface area contributed by atoms with Gasteiger partial charge in [0.25, 0.3) is 5.91 Å². The first kappa shape index (κ1) is 16.1.